The zero-order valence-corrected chi connectivity index (χ0v) is 16.5. The number of nitrogens with zero attached hydrogens (tertiary/aromatic N) is 3. The lowest BCUT2D eigenvalue weighted by Gasteiger charge is -2.28. The van der Waals surface area contributed by atoms with Crippen LogP contribution in [0.2, 0.25) is 0 Å². The first-order valence-electron chi connectivity index (χ1n) is 8.77. The number of aldehydes is 1. The summed E-state index contributed by atoms with van der Waals surface area (Å²) in [6.07, 6.45) is 2.10. The van der Waals surface area contributed by atoms with Gasteiger partial charge in [-0.3, -0.25) is 14.4 Å². The summed E-state index contributed by atoms with van der Waals surface area (Å²) < 4.78 is 1.29. The van der Waals surface area contributed by atoms with Crippen LogP contribution in [0.1, 0.15) is 34.1 Å². The van der Waals surface area contributed by atoms with Crippen molar-refractivity contribution in [3.63, 3.8) is 0 Å². The Balaban J connectivity index is 2.50. The molecule has 0 bridgehead atoms. The Bertz CT molecular complexity index is 727. The van der Waals surface area contributed by atoms with E-state index in [1.54, 1.807) is 13.8 Å². The largest absolute Gasteiger partial charge is 0.434 e. The van der Waals surface area contributed by atoms with E-state index >= 15 is 0 Å². The van der Waals surface area contributed by atoms with E-state index in [0.717, 1.165) is 0 Å². The van der Waals surface area contributed by atoms with Crippen LogP contribution in [-0.2, 0) is 20.9 Å². The van der Waals surface area contributed by atoms with E-state index in [0.29, 0.717) is 0 Å². The zero-order chi connectivity index (χ0) is 21.5. The lowest BCUT2D eigenvalue weighted by atomic mass is 9.96. The van der Waals surface area contributed by atoms with Crippen molar-refractivity contribution in [3.8, 4) is 0 Å². The van der Waals surface area contributed by atoms with Crippen LogP contribution in [0.5, 0.6) is 0 Å². The van der Waals surface area contributed by atoms with Crippen molar-refractivity contribution < 1.29 is 24.4 Å². The molecular formula is C17H27N5O6. The Labute approximate surface area is 162 Å². The highest BCUT2D eigenvalue weighted by atomic mass is 16.6. The summed E-state index contributed by atoms with van der Waals surface area (Å²) in [6, 6.07) is 0. The number of aryl methyl sites for hydroxylation is 1. The summed E-state index contributed by atoms with van der Waals surface area (Å²) in [5.41, 5.74) is -2.06. The number of β-amino-alcohol motifs (C(OH)–C–C–N with tert-alkyl or cyclic N) is 1. The number of ketones is 2. The molecule has 1 unspecified atom stereocenters. The second kappa shape index (κ2) is 9.62. The molecule has 0 aliphatic carbocycles. The van der Waals surface area contributed by atoms with Crippen molar-refractivity contribution in [2.24, 2.45) is 0 Å². The molecule has 0 aliphatic rings. The van der Waals surface area contributed by atoms with Crippen LogP contribution in [0.15, 0.2) is 12.4 Å². The summed E-state index contributed by atoms with van der Waals surface area (Å²) in [7, 11) is 0. The highest BCUT2D eigenvalue weighted by molar-refractivity contribution is 6.29. The Kier molecular flexibility index (Phi) is 8.09. The van der Waals surface area contributed by atoms with Crippen molar-refractivity contribution in [3.05, 3.63) is 22.5 Å². The summed E-state index contributed by atoms with van der Waals surface area (Å²) in [5.74, 6) is -1.14. The molecule has 1 heterocycles. The number of aliphatic hydroxyl groups is 1. The van der Waals surface area contributed by atoms with E-state index in [1.165, 1.54) is 30.8 Å². The van der Waals surface area contributed by atoms with Gasteiger partial charge in [0.1, 0.15) is 12.4 Å². The molecular weight excluding hydrogens is 370 g/mol. The molecule has 1 rings (SSSR count). The molecule has 1 aromatic heterocycles. The summed E-state index contributed by atoms with van der Waals surface area (Å²) in [6.45, 7) is 6.61. The van der Waals surface area contributed by atoms with Gasteiger partial charge in [0.15, 0.2) is 12.1 Å². The minimum absolute atomic E-state index is 0.0467. The molecule has 0 aliphatic heterocycles. The molecule has 0 spiro atoms. The third-order valence-corrected chi connectivity index (χ3v) is 4.42. The van der Waals surface area contributed by atoms with Crippen molar-refractivity contribution in [2.45, 2.75) is 57.8 Å². The summed E-state index contributed by atoms with van der Waals surface area (Å²) in [5, 5.41) is 26.7. The predicted octanol–water partition coefficient (Wildman–Crippen LogP) is -0.384. The monoisotopic (exact) mass is 397 g/mol. The van der Waals surface area contributed by atoms with Crippen LogP contribution >= 0.6 is 0 Å². The van der Waals surface area contributed by atoms with Crippen LogP contribution in [-0.4, -0.2) is 67.7 Å². The van der Waals surface area contributed by atoms with E-state index in [4.69, 9.17) is 0 Å². The summed E-state index contributed by atoms with van der Waals surface area (Å²) in [4.78, 5) is 48.4. The maximum atomic E-state index is 12.5. The van der Waals surface area contributed by atoms with Gasteiger partial charge in [0.25, 0.3) is 0 Å². The van der Waals surface area contributed by atoms with E-state index in [1.807, 2.05) is 0 Å². The van der Waals surface area contributed by atoms with E-state index in [9.17, 15) is 29.6 Å². The van der Waals surface area contributed by atoms with E-state index in [2.05, 4.69) is 15.6 Å². The molecule has 1 atom stereocenters. The number of hydrogen-bond acceptors (Lipinski definition) is 9. The Hall–Kier alpha value is -2.50. The number of hydrogen-bond donors (Lipinski definition) is 3. The van der Waals surface area contributed by atoms with Crippen LogP contribution in [0.25, 0.3) is 0 Å². The predicted molar refractivity (Wildman–Crippen MR) is 99.7 cm³/mol. The summed E-state index contributed by atoms with van der Waals surface area (Å²) >= 11 is 0. The molecule has 0 saturated carbocycles. The number of nitro groups is 1. The molecule has 3 N–H and O–H groups in total. The topological polar surface area (TPSA) is 156 Å². The van der Waals surface area contributed by atoms with Crippen LogP contribution in [0, 0.1) is 10.1 Å². The van der Waals surface area contributed by atoms with Gasteiger partial charge in [0, 0.05) is 19.5 Å². The second-order valence-electron chi connectivity index (χ2n) is 7.50. The molecule has 0 aromatic carbocycles. The van der Waals surface area contributed by atoms with Crippen molar-refractivity contribution in [2.75, 3.05) is 13.1 Å². The van der Waals surface area contributed by atoms with Crippen LogP contribution < -0.4 is 10.6 Å². The number of carbonyl (C=O) groups excluding carboxylic acids is 3. The Morgan fingerprint density at radius 3 is 2.39 bits per heavy atom. The maximum absolute atomic E-state index is 12.5. The third kappa shape index (κ3) is 6.59. The van der Waals surface area contributed by atoms with Gasteiger partial charge in [-0.1, -0.05) is 4.98 Å². The second-order valence-corrected chi connectivity index (χ2v) is 7.50. The molecule has 0 radical (unpaired) electrons. The van der Waals surface area contributed by atoms with Gasteiger partial charge in [0.2, 0.25) is 5.78 Å². The fraction of sp³-hybridized carbons (Fsp3) is 0.647. The van der Waals surface area contributed by atoms with Gasteiger partial charge in [-0.15, -0.1) is 0 Å². The smallest absolute Gasteiger partial charge is 0.390 e. The van der Waals surface area contributed by atoms with Crippen LogP contribution in [0.4, 0.5) is 5.95 Å². The number of aromatic nitrogens is 2. The average Bonchev–Trinajstić information content (AvgIpc) is 3.10. The minimum atomic E-state index is -1.09. The van der Waals surface area contributed by atoms with Crippen molar-refractivity contribution in [1.82, 2.24) is 20.2 Å². The maximum Gasteiger partial charge on any atom is 0.434 e. The first kappa shape index (κ1) is 23.5. The zero-order valence-electron chi connectivity index (χ0n) is 16.5. The van der Waals surface area contributed by atoms with Crippen molar-refractivity contribution >= 4 is 23.8 Å². The quantitative estimate of drug-likeness (QED) is 0.175. The number of carbonyl (C=O) groups is 3. The van der Waals surface area contributed by atoms with Gasteiger partial charge in [-0.05, 0) is 32.6 Å². The van der Waals surface area contributed by atoms with Crippen molar-refractivity contribution in [1.29, 1.82) is 0 Å². The molecule has 1 aromatic rings. The van der Waals surface area contributed by atoms with Gasteiger partial charge >= 0.3 is 5.95 Å². The lowest BCUT2D eigenvalue weighted by Crippen LogP contribution is -2.54. The first-order chi connectivity index (χ1) is 12.9. The molecule has 11 heteroatoms. The number of nitrogens with one attached hydrogen (secondary N) is 2. The molecule has 156 valence electrons. The Morgan fingerprint density at radius 1 is 1.29 bits per heavy atom. The highest BCUT2D eigenvalue weighted by Gasteiger charge is 2.30. The lowest BCUT2D eigenvalue weighted by molar-refractivity contribution is -0.396. The number of rotatable bonds is 13. The number of Topliss-reactive ketones (excluding diaryl/α,β-unsaturated/α-hetero) is 2. The molecule has 0 saturated heterocycles. The number of aliphatic hydroxyl groups excluding tert-OH is 1. The van der Waals surface area contributed by atoms with E-state index < -0.39 is 27.9 Å². The molecule has 11 nitrogen and oxygen atoms in total. The number of imidazole rings is 1. The standard InChI is InChI=1S/C17H27N5O6/c1-16(2,13(25)5-7-21-8-6-18-15(21)22(27)28)19-9-12(24)10-20-17(3,4)14(26)11-23/h6,8,11-12,19-20,24H,5,7,9-10H2,1-4H3. The molecule has 0 fully saturated rings. The fourth-order valence-corrected chi connectivity index (χ4v) is 2.33. The molecule has 28 heavy (non-hydrogen) atoms. The Morgan fingerprint density at radius 2 is 1.86 bits per heavy atom. The minimum Gasteiger partial charge on any atom is -0.390 e. The van der Waals surface area contributed by atoms with Gasteiger partial charge < -0.3 is 25.9 Å². The first-order valence-corrected chi connectivity index (χ1v) is 8.77. The van der Waals surface area contributed by atoms with Crippen LogP contribution in [0.3, 0.4) is 0 Å². The fourth-order valence-electron chi connectivity index (χ4n) is 2.33. The highest BCUT2D eigenvalue weighted by Crippen LogP contribution is 2.12. The normalized spacial score (nSPS) is 13.2. The van der Waals surface area contributed by atoms with Gasteiger partial charge in [-0.2, -0.15) is 0 Å². The molecule has 0 amide bonds. The van der Waals surface area contributed by atoms with Gasteiger partial charge in [-0.25, -0.2) is 4.57 Å². The third-order valence-electron chi connectivity index (χ3n) is 4.42. The van der Waals surface area contributed by atoms with Gasteiger partial charge in [0.05, 0.1) is 23.7 Å². The SMILES string of the molecule is CC(C)(NCC(O)CNC(C)(C)C(=O)CCn1ccnc1[N+](=O)[O-])C(=O)C=O. The van der Waals surface area contributed by atoms with E-state index in [-0.39, 0.29) is 44.1 Å². The average molecular weight is 397 g/mol.